The number of hydrogen-bond donors (Lipinski definition) is 1. The molecule has 0 bridgehead atoms. The number of likely N-dealkylation sites (N-methyl/N-ethyl adjacent to an activating group) is 1. The van der Waals surface area contributed by atoms with Gasteiger partial charge in [0, 0.05) is 20.0 Å². The quantitative estimate of drug-likeness (QED) is 0.687. The fourth-order valence-corrected chi connectivity index (χ4v) is 3.28. The Hall–Kier alpha value is -0.420. The second-order valence-corrected chi connectivity index (χ2v) is 6.62. The largest absolute Gasteiger partial charge is 0.313 e. The van der Waals surface area contributed by atoms with Crippen molar-refractivity contribution in [2.24, 2.45) is 0 Å². The van der Waals surface area contributed by atoms with Gasteiger partial charge in [-0.15, -0.1) is 0 Å². The Balaban J connectivity index is 2.31. The molecule has 0 spiro atoms. The molecular weight excluding hydrogens is 408 g/mol. The molecule has 1 nitrogen and oxygen atoms in total. The van der Waals surface area contributed by atoms with Crippen LogP contribution in [0.2, 0.25) is 5.02 Å². The first-order chi connectivity index (χ1) is 9.51. The molecule has 2 aromatic rings. The summed E-state index contributed by atoms with van der Waals surface area (Å²) in [4.78, 5) is 0. The molecule has 2 aromatic carbocycles. The van der Waals surface area contributed by atoms with Crippen LogP contribution >= 0.6 is 43.5 Å². The maximum atomic E-state index is 13.4. The summed E-state index contributed by atoms with van der Waals surface area (Å²) in [6, 6.07) is 10.5. The van der Waals surface area contributed by atoms with Crippen LogP contribution in [0.15, 0.2) is 45.3 Å². The molecule has 0 aromatic heterocycles. The molecule has 1 atom stereocenters. The van der Waals surface area contributed by atoms with E-state index in [-0.39, 0.29) is 11.9 Å². The lowest BCUT2D eigenvalue weighted by atomic mass is 9.99. The van der Waals surface area contributed by atoms with Crippen molar-refractivity contribution in [3.8, 4) is 0 Å². The van der Waals surface area contributed by atoms with Gasteiger partial charge in [-0.2, -0.15) is 0 Å². The van der Waals surface area contributed by atoms with Crippen molar-refractivity contribution < 1.29 is 4.39 Å². The highest BCUT2D eigenvalue weighted by Crippen LogP contribution is 2.30. The van der Waals surface area contributed by atoms with Crippen molar-refractivity contribution in [3.63, 3.8) is 0 Å². The lowest BCUT2D eigenvalue weighted by molar-refractivity contribution is 0.583. The van der Waals surface area contributed by atoms with E-state index in [1.54, 1.807) is 12.1 Å². The Morgan fingerprint density at radius 2 is 1.95 bits per heavy atom. The molecule has 0 fully saturated rings. The van der Waals surface area contributed by atoms with E-state index in [2.05, 4.69) is 37.2 Å². The fourth-order valence-electron chi connectivity index (χ4n) is 2.07. The average Bonchev–Trinajstić information content (AvgIpc) is 2.40. The van der Waals surface area contributed by atoms with Gasteiger partial charge in [0.2, 0.25) is 0 Å². The number of nitrogens with one attached hydrogen (secondary N) is 1. The monoisotopic (exact) mass is 419 g/mol. The van der Waals surface area contributed by atoms with Crippen LogP contribution in [0.3, 0.4) is 0 Å². The van der Waals surface area contributed by atoms with Crippen LogP contribution in [0.1, 0.15) is 17.2 Å². The van der Waals surface area contributed by atoms with Gasteiger partial charge in [0.25, 0.3) is 0 Å². The summed E-state index contributed by atoms with van der Waals surface area (Å²) in [6.45, 7) is 0. The third-order valence-electron chi connectivity index (χ3n) is 3.12. The van der Waals surface area contributed by atoms with Crippen molar-refractivity contribution in [2.45, 2.75) is 12.5 Å². The predicted octanol–water partition coefficient (Wildman–Crippen LogP) is 5.51. The summed E-state index contributed by atoms with van der Waals surface area (Å²) in [5.41, 5.74) is 1.90. The maximum absolute atomic E-state index is 13.4. The summed E-state index contributed by atoms with van der Waals surface area (Å²) in [5.74, 6) is -0.236. The van der Waals surface area contributed by atoms with Crippen LogP contribution in [-0.4, -0.2) is 7.05 Å². The molecule has 2 rings (SSSR count). The summed E-state index contributed by atoms with van der Waals surface area (Å²) in [5, 5.41) is 3.92. The highest BCUT2D eigenvalue weighted by atomic mass is 79.9. The summed E-state index contributed by atoms with van der Waals surface area (Å²) >= 11 is 13.1. The second kappa shape index (κ2) is 7.03. The highest BCUT2D eigenvalue weighted by molar-refractivity contribution is 9.10. The first-order valence-corrected chi connectivity index (χ1v) is 8.04. The Bertz CT molecular complexity index is 619. The predicted molar refractivity (Wildman–Crippen MR) is 88.8 cm³/mol. The van der Waals surface area contributed by atoms with Crippen molar-refractivity contribution in [1.82, 2.24) is 5.32 Å². The zero-order valence-electron chi connectivity index (χ0n) is 10.8. The first kappa shape index (κ1) is 16.0. The van der Waals surface area contributed by atoms with E-state index in [4.69, 9.17) is 11.6 Å². The van der Waals surface area contributed by atoms with Crippen LogP contribution in [0.4, 0.5) is 4.39 Å². The van der Waals surface area contributed by atoms with E-state index >= 15 is 0 Å². The Labute approximate surface area is 139 Å². The van der Waals surface area contributed by atoms with E-state index in [0.29, 0.717) is 11.4 Å². The van der Waals surface area contributed by atoms with Gasteiger partial charge in [0.05, 0.1) is 0 Å². The molecule has 106 valence electrons. The molecule has 0 saturated heterocycles. The number of halogens is 4. The molecule has 0 aliphatic carbocycles. The van der Waals surface area contributed by atoms with Crippen LogP contribution in [0.25, 0.3) is 0 Å². The van der Waals surface area contributed by atoms with Crippen molar-refractivity contribution in [2.75, 3.05) is 7.05 Å². The zero-order chi connectivity index (χ0) is 14.7. The number of benzene rings is 2. The van der Waals surface area contributed by atoms with E-state index in [1.165, 1.54) is 6.07 Å². The molecule has 1 N–H and O–H groups in total. The van der Waals surface area contributed by atoms with Crippen LogP contribution in [0.5, 0.6) is 0 Å². The Morgan fingerprint density at radius 3 is 2.60 bits per heavy atom. The second-order valence-electron chi connectivity index (χ2n) is 4.45. The third kappa shape index (κ3) is 3.82. The molecule has 20 heavy (non-hydrogen) atoms. The standard InChI is InChI=1S/C15H13Br2ClFN/c1-20-15(12-4-2-10(16)8-14(12)18)7-9-6-11(19)3-5-13(9)17/h2-6,8,15,20H,7H2,1H3. The van der Waals surface area contributed by atoms with Gasteiger partial charge < -0.3 is 5.32 Å². The van der Waals surface area contributed by atoms with Crippen LogP contribution in [-0.2, 0) is 6.42 Å². The van der Waals surface area contributed by atoms with Crippen molar-refractivity contribution in [1.29, 1.82) is 0 Å². The molecular formula is C15H13Br2ClFN. The van der Waals surface area contributed by atoms with E-state index in [0.717, 1.165) is 20.1 Å². The molecule has 0 heterocycles. The normalized spacial score (nSPS) is 12.4. The van der Waals surface area contributed by atoms with Gasteiger partial charge in [0.1, 0.15) is 5.82 Å². The first-order valence-electron chi connectivity index (χ1n) is 6.07. The lowest BCUT2D eigenvalue weighted by Crippen LogP contribution is -2.19. The van der Waals surface area contributed by atoms with Gasteiger partial charge in [-0.05, 0) is 54.9 Å². The van der Waals surface area contributed by atoms with Crippen molar-refractivity contribution in [3.05, 3.63) is 67.3 Å². The smallest absolute Gasteiger partial charge is 0.123 e. The average molecular weight is 422 g/mol. The summed E-state index contributed by atoms with van der Waals surface area (Å²) in [7, 11) is 1.87. The van der Waals surface area contributed by atoms with Crippen molar-refractivity contribution >= 4 is 43.5 Å². The SMILES string of the molecule is CNC(Cc1cc(F)ccc1Br)c1ccc(Br)cc1Cl. The highest BCUT2D eigenvalue weighted by Gasteiger charge is 2.15. The molecule has 1 unspecified atom stereocenters. The Morgan fingerprint density at radius 1 is 1.20 bits per heavy atom. The van der Waals surface area contributed by atoms with Gasteiger partial charge in [-0.25, -0.2) is 4.39 Å². The molecule has 0 aliphatic rings. The zero-order valence-corrected chi connectivity index (χ0v) is 14.7. The molecule has 0 radical (unpaired) electrons. The lowest BCUT2D eigenvalue weighted by Gasteiger charge is -2.19. The van der Waals surface area contributed by atoms with E-state index in [1.807, 2.05) is 25.2 Å². The van der Waals surface area contributed by atoms with E-state index in [9.17, 15) is 4.39 Å². The minimum atomic E-state index is -0.236. The number of rotatable bonds is 4. The molecule has 5 heteroatoms. The van der Waals surface area contributed by atoms with Gasteiger partial charge in [-0.3, -0.25) is 0 Å². The number of hydrogen-bond acceptors (Lipinski definition) is 1. The molecule has 0 amide bonds. The van der Waals surface area contributed by atoms with E-state index < -0.39 is 0 Å². The van der Waals surface area contributed by atoms with Gasteiger partial charge >= 0.3 is 0 Å². The van der Waals surface area contributed by atoms with Gasteiger partial charge in [-0.1, -0.05) is 49.5 Å². The molecule has 0 aliphatic heterocycles. The molecule has 0 saturated carbocycles. The van der Waals surface area contributed by atoms with Gasteiger partial charge in [0.15, 0.2) is 0 Å². The minimum absolute atomic E-state index is 0.0219. The Kier molecular flexibility index (Phi) is 5.61. The fraction of sp³-hybridized carbons (Fsp3) is 0.200. The minimum Gasteiger partial charge on any atom is -0.313 e. The van der Waals surface area contributed by atoms with Crippen LogP contribution < -0.4 is 5.32 Å². The summed E-state index contributed by atoms with van der Waals surface area (Å²) < 4.78 is 15.2. The van der Waals surface area contributed by atoms with Crippen LogP contribution in [0, 0.1) is 5.82 Å². The third-order valence-corrected chi connectivity index (χ3v) is 4.71. The topological polar surface area (TPSA) is 12.0 Å². The maximum Gasteiger partial charge on any atom is 0.123 e. The summed E-state index contributed by atoms with van der Waals surface area (Å²) in [6.07, 6.45) is 0.649.